The lowest BCUT2D eigenvalue weighted by molar-refractivity contribution is 1.28. The summed E-state index contributed by atoms with van der Waals surface area (Å²) in [6.45, 7) is 0. The van der Waals surface area contributed by atoms with E-state index in [1.54, 1.807) is 0 Å². The first kappa shape index (κ1) is 26.3. The molecule has 0 aromatic heterocycles. The largest absolute Gasteiger partial charge is 0.354 e. The van der Waals surface area contributed by atoms with Crippen molar-refractivity contribution in [2.24, 2.45) is 0 Å². The van der Waals surface area contributed by atoms with E-state index < -0.39 is 0 Å². The zero-order chi connectivity index (χ0) is 30.5. The lowest BCUT2D eigenvalue weighted by Crippen LogP contribution is -2.09. The van der Waals surface area contributed by atoms with Crippen LogP contribution in [0.1, 0.15) is 0 Å². The third-order valence-corrected chi connectivity index (χ3v) is 9.13. The summed E-state index contributed by atoms with van der Waals surface area (Å²) in [5.41, 5.74) is 13.1. The number of hydrogen-bond acceptors (Lipinski definition) is 2. The Hall–Kier alpha value is -6.12. The second-order valence-electron chi connectivity index (χ2n) is 11.9. The number of anilines is 5. The first-order valence-corrected chi connectivity index (χ1v) is 15.8. The van der Waals surface area contributed by atoms with Gasteiger partial charge in [0.05, 0.1) is 0 Å². The van der Waals surface area contributed by atoms with Crippen molar-refractivity contribution in [2.75, 3.05) is 10.2 Å². The Morgan fingerprint density at radius 3 is 1.78 bits per heavy atom. The van der Waals surface area contributed by atoms with Crippen molar-refractivity contribution < 1.29 is 0 Å². The minimum absolute atomic E-state index is 1.12. The van der Waals surface area contributed by atoms with Crippen LogP contribution in [0.25, 0.3) is 54.9 Å². The molecule has 0 fully saturated rings. The first-order chi connectivity index (χ1) is 22.8. The van der Waals surface area contributed by atoms with Gasteiger partial charge in [-0.2, -0.15) is 0 Å². The van der Waals surface area contributed by atoms with Crippen LogP contribution in [0.2, 0.25) is 0 Å². The summed E-state index contributed by atoms with van der Waals surface area (Å²) >= 11 is 0. The molecule has 0 atom stereocenters. The molecule has 0 unspecified atom stereocenters. The summed E-state index contributed by atoms with van der Waals surface area (Å²) in [5, 5.41) is 8.72. The minimum Gasteiger partial charge on any atom is -0.354 e. The Morgan fingerprint density at radius 2 is 0.957 bits per heavy atom. The van der Waals surface area contributed by atoms with Gasteiger partial charge < -0.3 is 10.2 Å². The zero-order valence-electron chi connectivity index (χ0n) is 25.2. The van der Waals surface area contributed by atoms with Gasteiger partial charge in [-0.25, -0.2) is 0 Å². The number of benzene rings is 8. The molecule has 0 spiro atoms. The summed E-state index contributed by atoms with van der Waals surface area (Å²) in [6.07, 6.45) is 0. The molecule has 2 heteroatoms. The van der Waals surface area contributed by atoms with E-state index in [1.807, 2.05) is 0 Å². The predicted octanol–water partition coefficient (Wildman–Crippen LogP) is 12.5. The molecule has 216 valence electrons. The fourth-order valence-corrected chi connectivity index (χ4v) is 6.90. The first-order valence-electron chi connectivity index (χ1n) is 15.8. The summed E-state index contributed by atoms with van der Waals surface area (Å²) < 4.78 is 0. The van der Waals surface area contributed by atoms with Gasteiger partial charge >= 0.3 is 0 Å². The molecule has 9 rings (SSSR count). The maximum Gasteiger partial charge on any atom is 0.0470 e. The number of rotatable bonds is 5. The van der Waals surface area contributed by atoms with E-state index in [2.05, 4.69) is 186 Å². The average molecular weight is 587 g/mol. The monoisotopic (exact) mass is 586 g/mol. The summed E-state index contributed by atoms with van der Waals surface area (Å²) in [7, 11) is 0. The van der Waals surface area contributed by atoms with Crippen LogP contribution in [0.5, 0.6) is 0 Å². The molecule has 0 saturated heterocycles. The van der Waals surface area contributed by atoms with Gasteiger partial charge in [-0.05, 0) is 105 Å². The second-order valence-corrected chi connectivity index (χ2v) is 11.9. The molecule has 8 aromatic rings. The zero-order valence-corrected chi connectivity index (χ0v) is 25.2. The SMILES string of the molecule is c1ccc(-c2cccc(N(c3ccccc3)c3ccc(-c4ccc5cc6c(cc5c4)-c4cccc5cccc(c45)N6)cc3)c2)cc1. The Morgan fingerprint density at radius 1 is 0.326 bits per heavy atom. The van der Waals surface area contributed by atoms with Crippen molar-refractivity contribution in [2.45, 2.75) is 0 Å². The molecule has 46 heavy (non-hydrogen) atoms. The Bertz CT molecular complexity index is 2370. The molecule has 1 heterocycles. The van der Waals surface area contributed by atoms with Crippen molar-refractivity contribution >= 4 is 50.0 Å². The molecular weight excluding hydrogens is 556 g/mol. The number of fused-ring (bicyclic) bond motifs is 3. The lowest BCUT2D eigenvalue weighted by atomic mass is 9.90. The van der Waals surface area contributed by atoms with E-state index in [0.717, 1.165) is 22.7 Å². The summed E-state index contributed by atoms with van der Waals surface area (Å²) in [6, 6.07) is 63.4. The van der Waals surface area contributed by atoms with E-state index in [4.69, 9.17) is 0 Å². The fraction of sp³-hybridized carbons (Fsp3) is 0. The molecule has 1 aliphatic rings. The van der Waals surface area contributed by atoms with Crippen LogP contribution in [0.4, 0.5) is 28.4 Å². The highest BCUT2D eigenvalue weighted by atomic mass is 15.1. The van der Waals surface area contributed by atoms with Crippen LogP contribution in [0.15, 0.2) is 176 Å². The van der Waals surface area contributed by atoms with Gasteiger partial charge in [0.1, 0.15) is 0 Å². The highest BCUT2D eigenvalue weighted by molar-refractivity contribution is 6.13. The summed E-state index contributed by atoms with van der Waals surface area (Å²) in [4.78, 5) is 2.33. The maximum atomic E-state index is 3.69. The van der Waals surface area contributed by atoms with E-state index in [0.29, 0.717) is 0 Å². The average Bonchev–Trinajstić information content (AvgIpc) is 3.12. The topological polar surface area (TPSA) is 15.3 Å². The normalized spacial score (nSPS) is 11.7. The molecule has 0 bridgehead atoms. The second kappa shape index (κ2) is 10.8. The number of hydrogen-bond donors (Lipinski definition) is 1. The molecule has 0 radical (unpaired) electrons. The third kappa shape index (κ3) is 4.51. The molecule has 0 saturated carbocycles. The minimum atomic E-state index is 1.12. The number of para-hydroxylation sites is 1. The van der Waals surface area contributed by atoms with E-state index in [1.165, 1.54) is 60.6 Å². The van der Waals surface area contributed by atoms with Crippen molar-refractivity contribution in [3.63, 3.8) is 0 Å². The van der Waals surface area contributed by atoms with Crippen LogP contribution >= 0.6 is 0 Å². The van der Waals surface area contributed by atoms with Crippen molar-refractivity contribution in [3.05, 3.63) is 176 Å². The van der Waals surface area contributed by atoms with Gasteiger partial charge in [0, 0.05) is 39.4 Å². The third-order valence-electron chi connectivity index (χ3n) is 9.13. The van der Waals surface area contributed by atoms with Gasteiger partial charge in [0.25, 0.3) is 0 Å². The Balaban J connectivity index is 1.09. The van der Waals surface area contributed by atoms with E-state index >= 15 is 0 Å². The van der Waals surface area contributed by atoms with Gasteiger partial charge in [0.2, 0.25) is 0 Å². The van der Waals surface area contributed by atoms with Crippen LogP contribution < -0.4 is 10.2 Å². The van der Waals surface area contributed by atoms with Crippen LogP contribution in [0, 0.1) is 0 Å². The molecule has 2 nitrogen and oxygen atoms in total. The summed E-state index contributed by atoms with van der Waals surface area (Å²) in [5.74, 6) is 0. The molecule has 8 aromatic carbocycles. The van der Waals surface area contributed by atoms with E-state index in [9.17, 15) is 0 Å². The van der Waals surface area contributed by atoms with E-state index in [-0.39, 0.29) is 0 Å². The van der Waals surface area contributed by atoms with Gasteiger partial charge in [0.15, 0.2) is 0 Å². The molecular formula is C44H30N2. The standard InChI is InChI=1S/C44H30N2/c1-3-10-30(11-4-1)33-14-7-17-39(27-33)46(37-15-5-2-6-16-37)38-24-22-31(23-25-38)34-20-21-35-29-43-41(28-36(35)26-34)40-18-8-12-32-13-9-19-42(45-43)44(32)40/h1-29,45H. The highest BCUT2D eigenvalue weighted by Crippen LogP contribution is 2.45. The smallest absolute Gasteiger partial charge is 0.0470 e. The Kier molecular flexibility index (Phi) is 6.17. The number of nitrogens with zero attached hydrogens (tertiary/aromatic N) is 1. The molecule has 0 aliphatic carbocycles. The van der Waals surface area contributed by atoms with Crippen LogP contribution in [-0.2, 0) is 0 Å². The van der Waals surface area contributed by atoms with Crippen molar-refractivity contribution in [1.29, 1.82) is 0 Å². The van der Waals surface area contributed by atoms with Crippen LogP contribution in [-0.4, -0.2) is 0 Å². The maximum absolute atomic E-state index is 3.69. The van der Waals surface area contributed by atoms with Gasteiger partial charge in [-0.1, -0.05) is 115 Å². The molecule has 1 N–H and O–H groups in total. The molecule has 0 amide bonds. The van der Waals surface area contributed by atoms with Crippen LogP contribution in [0.3, 0.4) is 0 Å². The fourth-order valence-electron chi connectivity index (χ4n) is 6.90. The van der Waals surface area contributed by atoms with Crippen molar-refractivity contribution in [1.82, 2.24) is 0 Å². The highest BCUT2D eigenvalue weighted by Gasteiger charge is 2.19. The predicted molar refractivity (Wildman–Crippen MR) is 196 cm³/mol. The quantitative estimate of drug-likeness (QED) is 0.216. The van der Waals surface area contributed by atoms with Crippen molar-refractivity contribution in [3.8, 4) is 33.4 Å². The van der Waals surface area contributed by atoms with Gasteiger partial charge in [-0.3, -0.25) is 0 Å². The molecule has 1 aliphatic heterocycles. The number of nitrogens with one attached hydrogen (secondary N) is 1. The van der Waals surface area contributed by atoms with Gasteiger partial charge in [-0.15, -0.1) is 0 Å². The lowest BCUT2D eigenvalue weighted by Gasteiger charge is -2.26. The Labute approximate surface area is 268 Å².